The standard InChI is InChI=1S/C55H107NO10/c1-3-5-7-9-11-13-15-17-18-19-20-21-22-23-24-25-26-27-28-29-31-33-35-37-39-41-43-48(59)54(64)56-46(45-65-55-53(63)52(62)51(61)49(44-57)66-55)50(60)47(58)42-40-38-36-34-32-30-16-14-12-10-8-6-4-2/h23-24,46-53,55,57-63H,3-22,25-45H2,1-2H3,(H,56,64)/b24-23-. The van der Waals surface area contributed by atoms with Gasteiger partial charge in [-0.25, -0.2) is 0 Å². The van der Waals surface area contributed by atoms with Crippen LogP contribution >= 0.6 is 0 Å². The van der Waals surface area contributed by atoms with Gasteiger partial charge in [0.2, 0.25) is 5.91 Å². The van der Waals surface area contributed by atoms with E-state index in [1.807, 2.05) is 0 Å². The third-order valence-corrected chi connectivity index (χ3v) is 13.8. The molecule has 9 atom stereocenters. The minimum absolute atomic E-state index is 0.261. The SMILES string of the molecule is CCCCCCCCCCCCCC/C=C\CCCCCCCCCCCCC(O)C(=O)NC(COC1OC(CO)C(O)C(O)C1O)C(O)C(O)CCCCCCCCCCCCCCC. The summed E-state index contributed by atoms with van der Waals surface area (Å²) in [5.41, 5.74) is 0. The molecule has 9 unspecified atom stereocenters. The Morgan fingerprint density at radius 3 is 1.27 bits per heavy atom. The second-order valence-electron chi connectivity index (χ2n) is 20.0. The van der Waals surface area contributed by atoms with E-state index in [0.717, 1.165) is 38.5 Å². The second kappa shape index (κ2) is 45.0. The van der Waals surface area contributed by atoms with Gasteiger partial charge in [-0.2, -0.15) is 0 Å². The number of rotatable bonds is 48. The number of carbonyl (C=O) groups is 1. The zero-order chi connectivity index (χ0) is 48.3. The van der Waals surface area contributed by atoms with Crippen LogP contribution in [0.4, 0.5) is 0 Å². The lowest BCUT2D eigenvalue weighted by Crippen LogP contribution is -2.60. The molecule has 1 rings (SSSR count). The number of aliphatic hydroxyl groups is 7. The molecule has 0 aliphatic carbocycles. The molecule has 0 aromatic heterocycles. The van der Waals surface area contributed by atoms with Crippen molar-refractivity contribution in [3.63, 3.8) is 0 Å². The van der Waals surface area contributed by atoms with Crippen LogP contribution in [0.3, 0.4) is 0 Å². The van der Waals surface area contributed by atoms with Gasteiger partial charge in [0.1, 0.15) is 36.6 Å². The van der Waals surface area contributed by atoms with Gasteiger partial charge in [-0.15, -0.1) is 0 Å². The number of unbranched alkanes of at least 4 members (excludes halogenated alkanes) is 34. The molecule has 8 N–H and O–H groups in total. The summed E-state index contributed by atoms with van der Waals surface area (Å²) >= 11 is 0. The molecule has 0 bridgehead atoms. The van der Waals surface area contributed by atoms with Gasteiger partial charge < -0.3 is 50.5 Å². The van der Waals surface area contributed by atoms with Crippen molar-refractivity contribution in [3.05, 3.63) is 12.2 Å². The molecule has 11 heteroatoms. The molecule has 0 aromatic rings. The van der Waals surface area contributed by atoms with Gasteiger partial charge in [0, 0.05) is 0 Å². The van der Waals surface area contributed by atoms with E-state index in [0.29, 0.717) is 19.3 Å². The first-order valence-corrected chi connectivity index (χ1v) is 28.1. The average Bonchev–Trinajstić information content (AvgIpc) is 3.32. The lowest BCUT2D eigenvalue weighted by atomic mass is 9.98. The van der Waals surface area contributed by atoms with E-state index in [-0.39, 0.29) is 6.42 Å². The van der Waals surface area contributed by atoms with Gasteiger partial charge in [-0.3, -0.25) is 4.79 Å². The number of ether oxygens (including phenoxy) is 2. The predicted octanol–water partition coefficient (Wildman–Crippen LogP) is 11.2. The Labute approximate surface area is 404 Å². The van der Waals surface area contributed by atoms with Crippen LogP contribution in [0.15, 0.2) is 12.2 Å². The summed E-state index contributed by atoms with van der Waals surface area (Å²) in [7, 11) is 0. The van der Waals surface area contributed by atoms with Gasteiger partial charge in [0.15, 0.2) is 6.29 Å². The minimum Gasteiger partial charge on any atom is -0.394 e. The molecule has 0 saturated carbocycles. The highest BCUT2D eigenvalue weighted by atomic mass is 16.7. The van der Waals surface area contributed by atoms with Crippen LogP contribution in [0.2, 0.25) is 0 Å². The number of amides is 1. The Hall–Kier alpha value is -1.15. The zero-order valence-corrected chi connectivity index (χ0v) is 42.7. The quantitative estimate of drug-likeness (QED) is 0.0215. The van der Waals surface area contributed by atoms with Crippen LogP contribution in [-0.2, 0) is 14.3 Å². The molecule has 1 saturated heterocycles. The van der Waals surface area contributed by atoms with Crippen molar-refractivity contribution >= 4 is 5.91 Å². The minimum atomic E-state index is -1.66. The first-order chi connectivity index (χ1) is 32.2. The number of allylic oxidation sites excluding steroid dienone is 2. The number of aliphatic hydroxyl groups excluding tert-OH is 7. The summed E-state index contributed by atoms with van der Waals surface area (Å²) in [6, 6.07) is -1.16. The Morgan fingerprint density at radius 2 is 0.879 bits per heavy atom. The van der Waals surface area contributed by atoms with Crippen molar-refractivity contribution in [2.45, 2.75) is 319 Å². The van der Waals surface area contributed by atoms with Gasteiger partial charge in [-0.1, -0.05) is 238 Å². The molecule has 1 heterocycles. The number of hydrogen-bond acceptors (Lipinski definition) is 10. The highest BCUT2D eigenvalue weighted by molar-refractivity contribution is 5.80. The van der Waals surface area contributed by atoms with Crippen LogP contribution in [-0.4, -0.2) is 110 Å². The molecule has 1 amide bonds. The topological polar surface area (TPSA) is 189 Å². The molecule has 0 radical (unpaired) electrons. The largest absolute Gasteiger partial charge is 0.394 e. The molecule has 11 nitrogen and oxygen atoms in total. The smallest absolute Gasteiger partial charge is 0.249 e. The lowest BCUT2D eigenvalue weighted by Gasteiger charge is -2.40. The molecule has 66 heavy (non-hydrogen) atoms. The van der Waals surface area contributed by atoms with Gasteiger partial charge in [0.05, 0.1) is 25.4 Å². The predicted molar refractivity (Wildman–Crippen MR) is 270 cm³/mol. The molecule has 1 aliphatic rings. The van der Waals surface area contributed by atoms with Crippen LogP contribution in [0, 0.1) is 0 Å². The molecule has 392 valence electrons. The van der Waals surface area contributed by atoms with Gasteiger partial charge in [-0.05, 0) is 38.5 Å². The Bertz CT molecular complexity index is 1080. The summed E-state index contributed by atoms with van der Waals surface area (Å²) in [6.07, 6.45) is 39.8. The Balaban J connectivity index is 2.27. The maximum Gasteiger partial charge on any atom is 0.249 e. The monoisotopic (exact) mass is 942 g/mol. The maximum absolute atomic E-state index is 13.1. The molecule has 1 aliphatic heterocycles. The highest BCUT2D eigenvalue weighted by Gasteiger charge is 2.44. The molecule has 0 spiro atoms. The van der Waals surface area contributed by atoms with E-state index < -0.39 is 74.2 Å². The van der Waals surface area contributed by atoms with Gasteiger partial charge >= 0.3 is 0 Å². The van der Waals surface area contributed by atoms with E-state index in [4.69, 9.17) is 9.47 Å². The zero-order valence-electron chi connectivity index (χ0n) is 42.7. The lowest BCUT2D eigenvalue weighted by molar-refractivity contribution is -0.303. The number of hydrogen-bond donors (Lipinski definition) is 8. The van der Waals surface area contributed by atoms with Crippen molar-refractivity contribution < 1.29 is 50.0 Å². The average molecular weight is 942 g/mol. The number of nitrogens with one attached hydrogen (secondary N) is 1. The van der Waals surface area contributed by atoms with Crippen molar-refractivity contribution in [1.82, 2.24) is 5.32 Å². The van der Waals surface area contributed by atoms with Crippen molar-refractivity contribution in [3.8, 4) is 0 Å². The molecule has 1 fully saturated rings. The fourth-order valence-electron chi connectivity index (χ4n) is 9.20. The van der Waals surface area contributed by atoms with Crippen LogP contribution in [0.5, 0.6) is 0 Å². The van der Waals surface area contributed by atoms with Crippen LogP contribution < -0.4 is 5.32 Å². The first-order valence-electron chi connectivity index (χ1n) is 28.1. The highest BCUT2D eigenvalue weighted by Crippen LogP contribution is 2.23. The fourth-order valence-corrected chi connectivity index (χ4v) is 9.20. The Morgan fingerprint density at radius 1 is 0.515 bits per heavy atom. The third kappa shape index (κ3) is 33.4. The molecule has 0 aromatic carbocycles. The second-order valence-corrected chi connectivity index (χ2v) is 20.0. The summed E-state index contributed by atoms with van der Waals surface area (Å²) < 4.78 is 11.1. The van der Waals surface area contributed by atoms with E-state index in [9.17, 15) is 40.5 Å². The van der Waals surface area contributed by atoms with E-state index >= 15 is 0 Å². The molecular formula is C55H107NO10. The van der Waals surface area contributed by atoms with E-state index in [1.54, 1.807) is 0 Å². The third-order valence-electron chi connectivity index (χ3n) is 13.8. The summed E-state index contributed by atoms with van der Waals surface area (Å²) in [5, 5.41) is 76.0. The van der Waals surface area contributed by atoms with E-state index in [1.165, 1.54) is 186 Å². The molecular weight excluding hydrogens is 835 g/mol. The fraction of sp³-hybridized carbons (Fsp3) is 0.945. The first kappa shape index (κ1) is 62.9. The maximum atomic E-state index is 13.1. The van der Waals surface area contributed by atoms with Crippen molar-refractivity contribution in [2.75, 3.05) is 13.2 Å². The Kier molecular flexibility index (Phi) is 42.9. The summed E-state index contributed by atoms with van der Waals surface area (Å²) in [4.78, 5) is 13.1. The summed E-state index contributed by atoms with van der Waals surface area (Å²) in [5.74, 6) is -0.695. The summed E-state index contributed by atoms with van der Waals surface area (Å²) in [6.45, 7) is 3.47. The number of carbonyl (C=O) groups excluding carboxylic acids is 1. The van der Waals surface area contributed by atoms with Crippen molar-refractivity contribution in [1.29, 1.82) is 0 Å². The van der Waals surface area contributed by atoms with Crippen LogP contribution in [0.25, 0.3) is 0 Å². The normalized spacial score (nSPS) is 20.8. The van der Waals surface area contributed by atoms with E-state index in [2.05, 4.69) is 31.3 Å². The van der Waals surface area contributed by atoms with Gasteiger partial charge in [0.25, 0.3) is 0 Å². The van der Waals surface area contributed by atoms with Crippen LogP contribution in [0.1, 0.15) is 264 Å². The van der Waals surface area contributed by atoms with Crippen molar-refractivity contribution in [2.24, 2.45) is 0 Å².